The van der Waals surface area contributed by atoms with Crippen LogP contribution in [0.1, 0.15) is 26.4 Å². The SMILES string of the molecule is COC(=O)c1ccc(C(=O)NCc2cnn(-c3ccccc3)c2)nc1. The smallest absolute Gasteiger partial charge is 0.339 e. The third-order valence-corrected chi connectivity index (χ3v) is 3.53. The van der Waals surface area contributed by atoms with E-state index in [1.807, 2.05) is 36.5 Å². The summed E-state index contributed by atoms with van der Waals surface area (Å²) >= 11 is 0. The van der Waals surface area contributed by atoms with Crippen LogP contribution in [-0.2, 0) is 11.3 Å². The first kappa shape index (κ1) is 16.4. The topological polar surface area (TPSA) is 86.1 Å². The lowest BCUT2D eigenvalue weighted by Gasteiger charge is -2.04. The summed E-state index contributed by atoms with van der Waals surface area (Å²) in [6.07, 6.45) is 4.86. The Kier molecular flexibility index (Phi) is 4.84. The van der Waals surface area contributed by atoms with Crippen LogP contribution in [0.15, 0.2) is 61.1 Å². The molecule has 0 atom stereocenters. The molecule has 3 rings (SSSR count). The second-order valence-electron chi connectivity index (χ2n) is 5.24. The Morgan fingerprint density at radius 1 is 1.12 bits per heavy atom. The number of hydrogen-bond acceptors (Lipinski definition) is 5. The van der Waals surface area contributed by atoms with Crippen molar-refractivity contribution in [3.63, 3.8) is 0 Å². The van der Waals surface area contributed by atoms with Crippen molar-refractivity contribution < 1.29 is 14.3 Å². The number of amides is 1. The number of benzene rings is 1. The average Bonchev–Trinajstić information content (AvgIpc) is 3.15. The molecule has 0 radical (unpaired) electrons. The molecule has 0 aliphatic carbocycles. The molecule has 2 aromatic heterocycles. The Labute approximate surface area is 144 Å². The van der Waals surface area contributed by atoms with E-state index in [0.717, 1.165) is 11.3 Å². The van der Waals surface area contributed by atoms with Crippen molar-refractivity contribution in [3.05, 3.63) is 77.9 Å². The maximum atomic E-state index is 12.1. The second-order valence-corrected chi connectivity index (χ2v) is 5.24. The maximum absolute atomic E-state index is 12.1. The number of carbonyl (C=O) groups is 2. The number of nitrogens with zero attached hydrogens (tertiary/aromatic N) is 3. The van der Waals surface area contributed by atoms with Gasteiger partial charge in [-0.25, -0.2) is 9.48 Å². The van der Waals surface area contributed by atoms with Crippen molar-refractivity contribution in [1.82, 2.24) is 20.1 Å². The van der Waals surface area contributed by atoms with Crippen molar-refractivity contribution in [1.29, 1.82) is 0 Å². The summed E-state index contributed by atoms with van der Waals surface area (Å²) in [5.41, 5.74) is 2.33. The van der Waals surface area contributed by atoms with Gasteiger partial charge in [0, 0.05) is 24.5 Å². The zero-order valence-corrected chi connectivity index (χ0v) is 13.5. The summed E-state index contributed by atoms with van der Waals surface area (Å²) in [5.74, 6) is -0.823. The van der Waals surface area contributed by atoms with E-state index in [0.29, 0.717) is 12.1 Å². The lowest BCUT2D eigenvalue weighted by atomic mass is 10.2. The van der Waals surface area contributed by atoms with Gasteiger partial charge in [-0.3, -0.25) is 9.78 Å². The zero-order valence-electron chi connectivity index (χ0n) is 13.5. The Morgan fingerprint density at radius 2 is 1.92 bits per heavy atom. The van der Waals surface area contributed by atoms with Crippen LogP contribution in [0.4, 0.5) is 0 Å². The molecule has 1 amide bonds. The molecule has 0 aliphatic rings. The van der Waals surface area contributed by atoms with Gasteiger partial charge in [0.1, 0.15) is 5.69 Å². The van der Waals surface area contributed by atoms with Crippen LogP contribution < -0.4 is 5.32 Å². The summed E-state index contributed by atoms with van der Waals surface area (Å²) in [6.45, 7) is 0.325. The molecule has 0 fully saturated rings. The van der Waals surface area contributed by atoms with Gasteiger partial charge in [0.2, 0.25) is 0 Å². The van der Waals surface area contributed by atoms with Crippen molar-refractivity contribution in [2.75, 3.05) is 7.11 Å². The van der Waals surface area contributed by atoms with E-state index < -0.39 is 5.97 Å². The van der Waals surface area contributed by atoms with E-state index in [9.17, 15) is 9.59 Å². The maximum Gasteiger partial charge on any atom is 0.339 e. The van der Waals surface area contributed by atoms with Crippen LogP contribution in [0.25, 0.3) is 5.69 Å². The molecule has 7 heteroatoms. The number of aromatic nitrogens is 3. The quantitative estimate of drug-likeness (QED) is 0.720. The van der Waals surface area contributed by atoms with Crippen LogP contribution in [-0.4, -0.2) is 33.8 Å². The van der Waals surface area contributed by atoms with Gasteiger partial charge in [-0.15, -0.1) is 0 Å². The van der Waals surface area contributed by atoms with Crippen molar-refractivity contribution >= 4 is 11.9 Å². The van der Waals surface area contributed by atoms with Gasteiger partial charge in [-0.2, -0.15) is 5.10 Å². The highest BCUT2D eigenvalue weighted by molar-refractivity contribution is 5.94. The molecule has 0 unspecified atom stereocenters. The van der Waals surface area contributed by atoms with Crippen molar-refractivity contribution in [3.8, 4) is 5.69 Å². The molecule has 25 heavy (non-hydrogen) atoms. The number of hydrogen-bond donors (Lipinski definition) is 1. The highest BCUT2D eigenvalue weighted by Gasteiger charge is 2.10. The van der Waals surface area contributed by atoms with E-state index >= 15 is 0 Å². The van der Waals surface area contributed by atoms with E-state index in [1.165, 1.54) is 25.4 Å². The molecule has 0 aliphatic heterocycles. The Bertz CT molecular complexity index is 873. The average molecular weight is 336 g/mol. The van der Waals surface area contributed by atoms with Gasteiger partial charge in [0.05, 0.1) is 24.6 Å². The van der Waals surface area contributed by atoms with Crippen LogP contribution in [0.2, 0.25) is 0 Å². The lowest BCUT2D eigenvalue weighted by molar-refractivity contribution is 0.0599. The summed E-state index contributed by atoms with van der Waals surface area (Å²) in [6, 6.07) is 12.7. The molecule has 0 saturated carbocycles. The van der Waals surface area contributed by atoms with Crippen molar-refractivity contribution in [2.45, 2.75) is 6.54 Å². The van der Waals surface area contributed by atoms with E-state index in [2.05, 4.69) is 20.1 Å². The number of esters is 1. The van der Waals surface area contributed by atoms with Gasteiger partial charge < -0.3 is 10.1 Å². The zero-order chi connectivity index (χ0) is 17.6. The number of rotatable bonds is 5. The monoisotopic (exact) mass is 336 g/mol. The Hall–Kier alpha value is -3.48. The molecular weight excluding hydrogens is 320 g/mol. The predicted molar refractivity (Wildman–Crippen MR) is 90.3 cm³/mol. The summed E-state index contributed by atoms with van der Waals surface area (Å²) in [7, 11) is 1.29. The number of para-hydroxylation sites is 1. The van der Waals surface area contributed by atoms with Gasteiger partial charge in [-0.05, 0) is 24.3 Å². The highest BCUT2D eigenvalue weighted by atomic mass is 16.5. The van der Waals surface area contributed by atoms with E-state index in [1.54, 1.807) is 10.9 Å². The molecule has 7 nitrogen and oxygen atoms in total. The largest absolute Gasteiger partial charge is 0.465 e. The Balaban J connectivity index is 1.61. The van der Waals surface area contributed by atoms with Crippen LogP contribution in [0.3, 0.4) is 0 Å². The molecule has 3 aromatic rings. The normalized spacial score (nSPS) is 10.3. The van der Waals surface area contributed by atoms with Crippen LogP contribution in [0, 0.1) is 0 Å². The van der Waals surface area contributed by atoms with Gasteiger partial charge >= 0.3 is 5.97 Å². The molecule has 0 spiro atoms. The molecule has 2 heterocycles. The lowest BCUT2D eigenvalue weighted by Crippen LogP contribution is -2.23. The molecule has 1 N–H and O–H groups in total. The number of nitrogens with one attached hydrogen (secondary N) is 1. The molecule has 126 valence electrons. The van der Waals surface area contributed by atoms with Crippen molar-refractivity contribution in [2.24, 2.45) is 0 Å². The van der Waals surface area contributed by atoms with E-state index in [-0.39, 0.29) is 11.6 Å². The number of carbonyl (C=O) groups excluding carboxylic acids is 2. The van der Waals surface area contributed by atoms with Crippen LogP contribution >= 0.6 is 0 Å². The minimum Gasteiger partial charge on any atom is -0.465 e. The molecular formula is C18H16N4O3. The fourth-order valence-electron chi connectivity index (χ4n) is 2.21. The Morgan fingerprint density at radius 3 is 2.60 bits per heavy atom. The third-order valence-electron chi connectivity index (χ3n) is 3.53. The first-order valence-electron chi connectivity index (χ1n) is 7.59. The van der Waals surface area contributed by atoms with Gasteiger partial charge in [0.15, 0.2) is 0 Å². The standard InChI is InChI=1S/C18H16N4O3/c1-25-18(24)14-7-8-16(19-11-14)17(23)20-9-13-10-21-22(12-13)15-5-3-2-4-6-15/h2-8,10-12H,9H2,1H3,(H,20,23). The van der Waals surface area contributed by atoms with Gasteiger partial charge in [0.25, 0.3) is 5.91 Å². The molecule has 0 bridgehead atoms. The number of pyridine rings is 1. The fraction of sp³-hybridized carbons (Fsp3) is 0.111. The van der Waals surface area contributed by atoms with Gasteiger partial charge in [-0.1, -0.05) is 18.2 Å². The minimum atomic E-state index is -0.493. The summed E-state index contributed by atoms with van der Waals surface area (Å²) in [5, 5.41) is 7.05. The fourth-order valence-corrected chi connectivity index (χ4v) is 2.21. The first-order valence-corrected chi connectivity index (χ1v) is 7.59. The first-order chi connectivity index (χ1) is 12.2. The summed E-state index contributed by atoms with van der Waals surface area (Å²) < 4.78 is 6.33. The molecule has 1 aromatic carbocycles. The van der Waals surface area contributed by atoms with Crippen LogP contribution in [0.5, 0.6) is 0 Å². The molecule has 0 saturated heterocycles. The minimum absolute atomic E-state index is 0.225. The number of ether oxygens (including phenoxy) is 1. The number of methoxy groups -OCH3 is 1. The van der Waals surface area contributed by atoms with E-state index in [4.69, 9.17) is 0 Å². The summed E-state index contributed by atoms with van der Waals surface area (Å²) in [4.78, 5) is 27.5. The third kappa shape index (κ3) is 3.89. The second kappa shape index (κ2) is 7.39. The predicted octanol–water partition coefficient (Wildman–Crippen LogP) is 1.98. The highest BCUT2D eigenvalue weighted by Crippen LogP contribution is 2.08.